The molecule has 0 aliphatic heterocycles. The molecule has 0 unspecified atom stereocenters. The number of carbonyl (C=O) groups is 1. The molecule has 28 heavy (non-hydrogen) atoms. The van der Waals surface area contributed by atoms with Crippen molar-refractivity contribution in [3.63, 3.8) is 0 Å². The Balaban J connectivity index is 1.33. The van der Waals surface area contributed by atoms with Crippen LogP contribution >= 0.6 is 0 Å². The first-order chi connectivity index (χ1) is 13.6. The highest BCUT2D eigenvalue weighted by Crippen LogP contribution is 2.11. The maximum absolute atomic E-state index is 12.8. The molecule has 2 aromatic carbocycles. The fraction of sp³-hybridized carbons (Fsp3) is 0.286. The number of halogens is 1. The lowest BCUT2D eigenvalue weighted by Crippen LogP contribution is -2.25. The van der Waals surface area contributed by atoms with Gasteiger partial charge in [-0.2, -0.15) is 0 Å². The standard InChI is InChI=1S/C21H22FN3O3/c22-15-7-9-16(10-8-15)28-14-4-3-13-23-20(26)12-11-19-24-18-6-2-1-5-17(18)21(27)25-19/h1-2,5-10H,3-4,11-14H2,(H,23,26)(H,24,25,27). The number of hydrogen-bond acceptors (Lipinski definition) is 4. The number of ether oxygens (including phenoxy) is 1. The number of benzene rings is 2. The van der Waals surface area contributed by atoms with Crippen molar-refractivity contribution in [3.8, 4) is 5.75 Å². The molecule has 2 N–H and O–H groups in total. The quantitative estimate of drug-likeness (QED) is 0.557. The van der Waals surface area contributed by atoms with Crippen LogP contribution in [0.2, 0.25) is 0 Å². The van der Waals surface area contributed by atoms with Gasteiger partial charge in [0.15, 0.2) is 0 Å². The van der Waals surface area contributed by atoms with E-state index in [0.29, 0.717) is 42.0 Å². The topological polar surface area (TPSA) is 84.1 Å². The van der Waals surface area contributed by atoms with Gasteiger partial charge in [-0.3, -0.25) is 9.59 Å². The Hall–Kier alpha value is -3.22. The highest BCUT2D eigenvalue weighted by molar-refractivity contribution is 5.78. The normalized spacial score (nSPS) is 10.8. The van der Waals surface area contributed by atoms with Crippen LogP contribution in [0.25, 0.3) is 10.9 Å². The van der Waals surface area contributed by atoms with Crippen molar-refractivity contribution in [1.29, 1.82) is 0 Å². The second-order valence-electron chi connectivity index (χ2n) is 6.39. The van der Waals surface area contributed by atoms with Gasteiger partial charge in [-0.05, 0) is 49.2 Å². The minimum atomic E-state index is -0.293. The van der Waals surface area contributed by atoms with E-state index in [2.05, 4.69) is 15.3 Å². The first kappa shape index (κ1) is 19.5. The van der Waals surface area contributed by atoms with Gasteiger partial charge >= 0.3 is 0 Å². The molecule has 0 radical (unpaired) electrons. The van der Waals surface area contributed by atoms with Crippen molar-refractivity contribution in [2.45, 2.75) is 25.7 Å². The molecule has 1 amide bonds. The van der Waals surface area contributed by atoms with Gasteiger partial charge in [-0.1, -0.05) is 12.1 Å². The number of amides is 1. The second-order valence-corrected chi connectivity index (χ2v) is 6.39. The van der Waals surface area contributed by atoms with E-state index in [-0.39, 0.29) is 23.7 Å². The third-order valence-corrected chi connectivity index (χ3v) is 4.23. The number of nitrogens with zero attached hydrogens (tertiary/aromatic N) is 1. The summed E-state index contributed by atoms with van der Waals surface area (Å²) >= 11 is 0. The van der Waals surface area contributed by atoms with E-state index in [1.807, 2.05) is 6.07 Å². The van der Waals surface area contributed by atoms with Crippen molar-refractivity contribution in [2.24, 2.45) is 0 Å². The van der Waals surface area contributed by atoms with Gasteiger partial charge in [0, 0.05) is 19.4 Å². The van der Waals surface area contributed by atoms with Crippen LogP contribution in [-0.2, 0) is 11.2 Å². The highest BCUT2D eigenvalue weighted by atomic mass is 19.1. The second kappa shape index (κ2) is 9.64. The van der Waals surface area contributed by atoms with Gasteiger partial charge < -0.3 is 15.0 Å². The molecule has 146 valence electrons. The first-order valence-corrected chi connectivity index (χ1v) is 9.25. The molecular formula is C21H22FN3O3. The predicted molar refractivity (Wildman–Crippen MR) is 105 cm³/mol. The number of aromatic nitrogens is 2. The molecule has 0 bridgehead atoms. The van der Waals surface area contributed by atoms with E-state index >= 15 is 0 Å². The Kier molecular flexibility index (Phi) is 6.73. The van der Waals surface area contributed by atoms with Gasteiger partial charge in [0.25, 0.3) is 5.56 Å². The summed E-state index contributed by atoms with van der Waals surface area (Å²) in [4.78, 5) is 31.1. The molecule has 0 atom stereocenters. The lowest BCUT2D eigenvalue weighted by molar-refractivity contribution is -0.121. The summed E-state index contributed by atoms with van der Waals surface area (Å²) in [5, 5.41) is 3.39. The third-order valence-electron chi connectivity index (χ3n) is 4.23. The zero-order valence-electron chi connectivity index (χ0n) is 15.4. The fourth-order valence-electron chi connectivity index (χ4n) is 2.75. The maximum Gasteiger partial charge on any atom is 0.258 e. The van der Waals surface area contributed by atoms with Crippen LogP contribution in [0.4, 0.5) is 4.39 Å². The van der Waals surface area contributed by atoms with Crippen LogP contribution in [0, 0.1) is 5.82 Å². The molecular weight excluding hydrogens is 361 g/mol. The molecule has 0 aliphatic rings. The van der Waals surface area contributed by atoms with Crippen LogP contribution in [0.1, 0.15) is 25.1 Å². The number of unbranched alkanes of at least 4 members (excludes halogenated alkanes) is 1. The lowest BCUT2D eigenvalue weighted by atomic mass is 10.2. The van der Waals surface area contributed by atoms with E-state index in [9.17, 15) is 14.0 Å². The Morgan fingerprint density at radius 1 is 1.11 bits per heavy atom. The Morgan fingerprint density at radius 3 is 2.71 bits per heavy atom. The van der Waals surface area contributed by atoms with Crippen LogP contribution in [0.3, 0.4) is 0 Å². The predicted octanol–water partition coefficient (Wildman–Crippen LogP) is 2.97. The molecule has 3 aromatic rings. The number of carbonyl (C=O) groups excluding carboxylic acids is 1. The number of aromatic amines is 1. The molecule has 1 heterocycles. The van der Waals surface area contributed by atoms with Gasteiger partial charge in [0.1, 0.15) is 17.4 Å². The maximum atomic E-state index is 12.8. The average molecular weight is 383 g/mol. The summed E-state index contributed by atoms with van der Waals surface area (Å²) in [6, 6.07) is 13.0. The zero-order chi connectivity index (χ0) is 19.8. The van der Waals surface area contributed by atoms with Crippen molar-refractivity contribution in [1.82, 2.24) is 15.3 Å². The molecule has 6 nitrogen and oxygen atoms in total. The van der Waals surface area contributed by atoms with E-state index in [4.69, 9.17) is 4.74 Å². The fourth-order valence-corrected chi connectivity index (χ4v) is 2.75. The Labute approximate surface area is 161 Å². The number of fused-ring (bicyclic) bond motifs is 1. The summed E-state index contributed by atoms with van der Waals surface area (Å²) in [5.74, 6) is 0.752. The van der Waals surface area contributed by atoms with Gasteiger partial charge in [-0.15, -0.1) is 0 Å². The summed E-state index contributed by atoms with van der Waals surface area (Å²) < 4.78 is 18.3. The summed E-state index contributed by atoms with van der Waals surface area (Å²) in [7, 11) is 0. The van der Waals surface area contributed by atoms with E-state index in [1.165, 1.54) is 12.1 Å². The van der Waals surface area contributed by atoms with Crippen LogP contribution in [0.15, 0.2) is 53.3 Å². The zero-order valence-corrected chi connectivity index (χ0v) is 15.4. The van der Waals surface area contributed by atoms with Crippen LogP contribution in [0.5, 0.6) is 5.75 Å². The van der Waals surface area contributed by atoms with Crippen LogP contribution in [-0.4, -0.2) is 29.0 Å². The number of nitrogens with one attached hydrogen (secondary N) is 2. The summed E-state index contributed by atoms with van der Waals surface area (Å²) in [6.07, 6.45) is 2.18. The number of hydrogen-bond donors (Lipinski definition) is 2. The first-order valence-electron chi connectivity index (χ1n) is 9.25. The molecule has 1 aromatic heterocycles. The van der Waals surface area contributed by atoms with E-state index in [1.54, 1.807) is 30.3 Å². The largest absolute Gasteiger partial charge is 0.494 e. The Bertz CT molecular complexity index is 986. The number of H-pyrrole nitrogens is 1. The molecule has 0 aliphatic carbocycles. The number of aryl methyl sites for hydroxylation is 1. The van der Waals surface area contributed by atoms with Crippen molar-refractivity contribution < 1.29 is 13.9 Å². The molecule has 0 saturated heterocycles. The van der Waals surface area contributed by atoms with Crippen molar-refractivity contribution >= 4 is 16.8 Å². The summed E-state index contributed by atoms with van der Waals surface area (Å²) in [5.41, 5.74) is 0.435. The third kappa shape index (κ3) is 5.64. The average Bonchev–Trinajstić information content (AvgIpc) is 2.70. The minimum absolute atomic E-state index is 0.0877. The summed E-state index contributed by atoms with van der Waals surface area (Å²) in [6.45, 7) is 1.05. The lowest BCUT2D eigenvalue weighted by Gasteiger charge is -2.07. The molecule has 7 heteroatoms. The number of rotatable bonds is 9. The molecule has 0 saturated carbocycles. The molecule has 3 rings (SSSR count). The van der Waals surface area contributed by atoms with Crippen LogP contribution < -0.4 is 15.6 Å². The monoisotopic (exact) mass is 383 g/mol. The van der Waals surface area contributed by atoms with Gasteiger partial charge in [-0.25, -0.2) is 9.37 Å². The molecule has 0 fully saturated rings. The minimum Gasteiger partial charge on any atom is -0.494 e. The SMILES string of the molecule is O=C(CCc1nc2ccccc2c(=O)[nH]1)NCCCCOc1ccc(F)cc1. The van der Waals surface area contributed by atoms with E-state index in [0.717, 1.165) is 12.8 Å². The molecule has 0 spiro atoms. The van der Waals surface area contributed by atoms with Gasteiger partial charge in [0.05, 0.1) is 17.5 Å². The number of para-hydroxylation sites is 1. The van der Waals surface area contributed by atoms with E-state index < -0.39 is 0 Å². The highest BCUT2D eigenvalue weighted by Gasteiger charge is 2.06. The van der Waals surface area contributed by atoms with Crippen molar-refractivity contribution in [2.75, 3.05) is 13.2 Å². The Morgan fingerprint density at radius 2 is 1.89 bits per heavy atom. The smallest absolute Gasteiger partial charge is 0.258 e. The van der Waals surface area contributed by atoms with Crippen molar-refractivity contribution in [3.05, 3.63) is 70.5 Å². The van der Waals surface area contributed by atoms with Gasteiger partial charge in [0.2, 0.25) is 5.91 Å².